The van der Waals surface area contributed by atoms with Crippen molar-refractivity contribution in [3.05, 3.63) is 168 Å². The first-order valence-electron chi connectivity index (χ1n) is 19.9. The minimum absolute atomic E-state index is 0.196. The number of pyridine rings is 1. The number of hydrogen-bond donors (Lipinski definition) is 2. The summed E-state index contributed by atoms with van der Waals surface area (Å²) < 4.78 is 40.5. The number of para-hydroxylation sites is 2. The first-order chi connectivity index (χ1) is 28.6. The van der Waals surface area contributed by atoms with Crippen LogP contribution in [-0.2, 0) is 42.0 Å². The maximum Gasteiger partial charge on any atom is 0.459 e. The zero-order valence-electron chi connectivity index (χ0n) is 33.9. The second kappa shape index (κ2) is 18.4. The minimum Gasteiger partial charge on any atom is -0.462 e. The number of fused-ring (bicyclic) bond motifs is 3. The van der Waals surface area contributed by atoms with Crippen molar-refractivity contribution in [2.75, 3.05) is 11.9 Å². The van der Waals surface area contributed by atoms with Crippen LogP contribution in [0.3, 0.4) is 0 Å². The van der Waals surface area contributed by atoms with E-state index in [0.717, 1.165) is 33.1 Å². The van der Waals surface area contributed by atoms with Crippen molar-refractivity contribution >= 4 is 41.5 Å². The van der Waals surface area contributed by atoms with Gasteiger partial charge < -0.3 is 23.9 Å². The summed E-state index contributed by atoms with van der Waals surface area (Å²) in [7, 11) is -4.19. The molecule has 0 aliphatic heterocycles. The number of ether oxygens (including phenoxy) is 2. The molecule has 7 rings (SSSR count). The number of carbonyl (C=O) groups is 1. The predicted molar refractivity (Wildman–Crippen MR) is 232 cm³/mol. The van der Waals surface area contributed by atoms with Crippen LogP contribution >= 0.6 is 7.75 Å². The van der Waals surface area contributed by atoms with Crippen LogP contribution in [0.25, 0.3) is 21.9 Å². The molecule has 0 saturated carbocycles. The molecule has 59 heavy (non-hydrogen) atoms. The Balaban J connectivity index is 1.36. The second-order valence-electron chi connectivity index (χ2n) is 14.6. The van der Waals surface area contributed by atoms with Crippen molar-refractivity contribution in [3.63, 3.8) is 0 Å². The highest BCUT2D eigenvalue weighted by Crippen LogP contribution is 2.47. The molecule has 3 atom stereocenters. The van der Waals surface area contributed by atoms with Crippen LogP contribution < -0.4 is 14.9 Å². The number of esters is 1. The van der Waals surface area contributed by atoms with Crippen LogP contribution in [0.15, 0.2) is 146 Å². The van der Waals surface area contributed by atoms with Gasteiger partial charge in [-0.2, -0.15) is 5.09 Å². The van der Waals surface area contributed by atoms with Crippen LogP contribution in [0, 0.1) is 0 Å². The number of hydrogen-bond acceptors (Lipinski definition) is 9. The lowest BCUT2D eigenvalue weighted by atomic mass is 9.77. The van der Waals surface area contributed by atoms with Gasteiger partial charge in [0.15, 0.2) is 5.82 Å². The van der Waals surface area contributed by atoms with E-state index >= 15 is 0 Å². The molecule has 5 aromatic carbocycles. The summed E-state index contributed by atoms with van der Waals surface area (Å²) in [4.78, 5) is 23.4. The van der Waals surface area contributed by atoms with Crippen molar-refractivity contribution in [1.29, 1.82) is 0 Å². The largest absolute Gasteiger partial charge is 0.462 e. The van der Waals surface area contributed by atoms with E-state index in [1.807, 2.05) is 103 Å². The van der Waals surface area contributed by atoms with Crippen molar-refractivity contribution in [1.82, 2.24) is 19.6 Å². The molecular weight excluding hydrogens is 762 g/mol. The molecule has 0 unspecified atom stereocenters. The maximum atomic E-state index is 14.6. The Kier molecular flexibility index (Phi) is 12.9. The van der Waals surface area contributed by atoms with Gasteiger partial charge in [0.1, 0.15) is 35.3 Å². The molecule has 2 heterocycles. The van der Waals surface area contributed by atoms with Gasteiger partial charge in [-0.1, -0.05) is 127 Å². The molecule has 0 bridgehead atoms. The van der Waals surface area contributed by atoms with E-state index < -0.39 is 31.4 Å². The normalized spacial score (nSPS) is 13.9. The molecular formula is C47H50N5O6P. The molecule has 0 aliphatic rings. The van der Waals surface area contributed by atoms with Crippen molar-refractivity contribution in [2.24, 2.45) is 0 Å². The highest BCUT2D eigenvalue weighted by molar-refractivity contribution is 7.52. The highest BCUT2D eigenvalue weighted by atomic mass is 31.2. The van der Waals surface area contributed by atoms with Gasteiger partial charge >= 0.3 is 13.7 Å². The number of nitrogens with zero attached hydrogens (tertiary/aromatic N) is 3. The molecule has 12 heteroatoms. The van der Waals surface area contributed by atoms with E-state index in [2.05, 4.69) is 46.8 Å². The van der Waals surface area contributed by atoms with E-state index in [9.17, 15) is 9.36 Å². The minimum atomic E-state index is -4.19. The first kappa shape index (κ1) is 41.3. The maximum absolute atomic E-state index is 14.6. The Morgan fingerprint density at radius 1 is 0.746 bits per heavy atom. The molecule has 0 saturated heterocycles. The number of imidazole rings is 1. The van der Waals surface area contributed by atoms with Gasteiger partial charge in [-0.25, -0.2) is 14.5 Å². The summed E-state index contributed by atoms with van der Waals surface area (Å²) in [5.41, 5.74) is 4.35. The highest BCUT2D eigenvalue weighted by Gasteiger charge is 2.39. The van der Waals surface area contributed by atoms with Crippen LogP contribution in [0.1, 0.15) is 57.1 Å². The predicted octanol–water partition coefficient (Wildman–Crippen LogP) is 10.0. The molecule has 7 aromatic rings. The molecule has 0 aliphatic carbocycles. The quantitative estimate of drug-likeness (QED) is 0.0491. The summed E-state index contributed by atoms with van der Waals surface area (Å²) in [6.45, 7) is 9.68. The number of aromatic nitrogens is 3. The molecule has 2 aromatic heterocycles. The first-order valence-corrected chi connectivity index (χ1v) is 21.5. The van der Waals surface area contributed by atoms with Gasteiger partial charge in [0.05, 0.1) is 29.8 Å². The second-order valence-corrected chi connectivity index (χ2v) is 16.2. The summed E-state index contributed by atoms with van der Waals surface area (Å²) in [6, 6.07) is 46.7. The lowest BCUT2D eigenvalue weighted by Crippen LogP contribution is -2.38. The molecule has 0 amide bonds. The van der Waals surface area contributed by atoms with Crippen LogP contribution in [0.5, 0.6) is 5.75 Å². The van der Waals surface area contributed by atoms with Gasteiger partial charge in [0.2, 0.25) is 0 Å². The Morgan fingerprint density at radius 3 is 1.85 bits per heavy atom. The van der Waals surface area contributed by atoms with Crippen LogP contribution in [-0.4, -0.2) is 45.4 Å². The lowest BCUT2D eigenvalue weighted by molar-refractivity contribution is -0.149. The Labute approximate surface area is 345 Å². The molecule has 304 valence electrons. The number of nitrogens with one attached hydrogen (secondary N) is 2. The van der Waals surface area contributed by atoms with Gasteiger partial charge in [0.25, 0.3) is 0 Å². The summed E-state index contributed by atoms with van der Waals surface area (Å²) in [5.74, 6) is 0.933. The van der Waals surface area contributed by atoms with Crippen molar-refractivity contribution in [3.8, 4) is 5.75 Å². The Morgan fingerprint density at radius 2 is 1.29 bits per heavy atom. The fraction of sp³-hybridized carbons (Fsp3) is 0.255. The number of carbonyl (C=O) groups excluding carboxylic acids is 1. The average Bonchev–Trinajstić information content (AvgIpc) is 3.60. The zero-order chi connectivity index (χ0) is 41.4. The lowest BCUT2D eigenvalue weighted by Gasteiger charge is -2.37. The summed E-state index contributed by atoms with van der Waals surface area (Å²) in [5, 5.41) is 7.65. The number of rotatable bonds is 18. The third-order valence-electron chi connectivity index (χ3n) is 9.81. The fourth-order valence-electron chi connectivity index (χ4n) is 7.28. The third-order valence-corrected chi connectivity index (χ3v) is 11.6. The van der Waals surface area contributed by atoms with E-state index in [0.29, 0.717) is 29.5 Å². The van der Waals surface area contributed by atoms with Crippen LogP contribution in [0.4, 0.5) is 5.82 Å². The average molecular weight is 812 g/mol. The molecule has 11 nitrogen and oxygen atoms in total. The Hall–Kier alpha value is -5.84. The molecule has 0 spiro atoms. The SMILES string of the molecule is CCOCc1nc2c(NC(c3ccccc3)(c3ccccc3)c3ccccc3)nc3ccccc3c2n1C[C@@H](C)O[P@@](=O)(N[C@@H](C)C(=O)OC(C)C)Oc1ccccc1. The smallest absolute Gasteiger partial charge is 0.459 e. The summed E-state index contributed by atoms with van der Waals surface area (Å²) >= 11 is 0. The van der Waals surface area contributed by atoms with Crippen molar-refractivity contribution in [2.45, 2.75) is 71.6 Å². The number of benzene rings is 5. The van der Waals surface area contributed by atoms with E-state index in [-0.39, 0.29) is 19.3 Å². The molecule has 2 N–H and O–H groups in total. The molecule has 0 radical (unpaired) electrons. The van der Waals surface area contributed by atoms with E-state index in [1.54, 1.807) is 45.0 Å². The fourth-order valence-corrected chi connectivity index (χ4v) is 8.95. The third kappa shape index (κ3) is 9.24. The van der Waals surface area contributed by atoms with E-state index in [1.165, 1.54) is 0 Å². The van der Waals surface area contributed by atoms with Crippen LogP contribution in [0.2, 0.25) is 0 Å². The van der Waals surface area contributed by atoms with E-state index in [4.69, 9.17) is 28.5 Å². The topological polar surface area (TPSA) is 126 Å². The standard InChI is InChI=1S/C47H50N5O6P/c1-6-55-32-42-49-43-44(52(42)31-34(4)57-59(54,58-39-27-17-10-18-28-39)51-35(5)46(53)56-33(2)3)40-29-19-20-30-41(40)48-45(43)50-47(36-21-11-7-12-22-36,37-23-13-8-14-24-37)38-25-15-9-16-26-38/h7-30,33-35H,6,31-32H2,1-5H3,(H,48,50)(H,51,54)/t34-,35+,59+/m1/s1. The van der Waals surface area contributed by atoms with Gasteiger partial charge in [-0.3, -0.25) is 9.32 Å². The monoisotopic (exact) mass is 811 g/mol. The molecule has 0 fully saturated rings. The zero-order valence-corrected chi connectivity index (χ0v) is 34.8. The van der Waals surface area contributed by atoms with Gasteiger partial charge in [-0.05, 0) is 69.5 Å². The van der Waals surface area contributed by atoms with Crippen molar-refractivity contribution < 1.29 is 27.9 Å². The Bertz CT molecular complexity index is 2420. The summed E-state index contributed by atoms with van der Waals surface area (Å²) in [6.07, 6.45) is -1.09. The van der Waals surface area contributed by atoms with Gasteiger partial charge in [0, 0.05) is 12.0 Å². The van der Waals surface area contributed by atoms with Gasteiger partial charge in [-0.15, -0.1) is 0 Å². The number of anilines is 1.